The molecule has 1 aromatic rings. The van der Waals surface area contributed by atoms with Gasteiger partial charge >= 0.3 is 0 Å². The van der Waals surface area contributed by atoms with Crippen LogP contribution >= 0.6 is 0 Å². The lowest BCUT2D eigenvalue weighted by Gasteiger charge is -2.10. The van der Waals surface area contributed by atoms with Gasteiger partial charge in [0, 0.05) is 6.61 Å². The maximum absolute atomic E-state index is 8.72. The van der Waals surface area contributed by atoms with Gasteiger partial charge < -0.3 is 14.8 Å². The van der Waals surface area contributed by atoms with Crippen molar-refractivity contribution in [2.75, 3.05) is 13.2 Å². The SMILES string of the molecule is Cc1ccoc1CNCC(C)CCO. The highest BCUT2D eigenvalue weighted by Crippen LogP contribution is 2.08. The normalized spacial score (nSPS) is 13.1. The van der Waals surface area contributed by atoms with E-state index >= 15 is 0 Å². The Morgan fingerprint density at radius 1 is 1.57 bits per heavy atom. The zero-order chi connectivity index (χ0) is 10.4. The van der Waals surface area contributed by atoms with E-state index < -0.39 is 0 Å². The number of aryl methyl sites for hydroxylation is 1. The molecular weight excluding hydrogens is 178 g/mol. The summed E-state index contributed by atoms with van der Waals surface area (Å²) in [6.45, 7) is 6.12. The van der Waals surface area contributed by atoms with E-state index in [0.29, 0.717) is 5.92 Å². The van der Waals surface area contributed by atoms with Crippen LogP contribution in [0.25, 0.3) is 0 Å². The molecule has 14 heavy (non-hydrogen) atoms. The number of nitrogens with one attached hydrogen (secondary N) is 1. The monoisotopic (exact) mass is 197 g/mol. The van der Waals surface area contributed by atoms with Crippen LogP contribution in [0.5, 0.6) is 0 Å². The second kappa shape index (κ2) is 5.83. The van der Waals surface area contributed by atoms with E-state index in [9.17, 15) is 0 Å². The first-order valence-electron chi connectivity index (χ1n) is 5.08. The van der Waals surface area contributed by atoms with Crippen LogP contribution in [0.2, 0.25) is 0 Å². The molecule has 0 radical (unpaired) electrons. The molecule has 0 saturated carbocycles. The summed E-state index contributed by atoms with van der Waals surface area (Å²) in [5.74, 6) is 1.51. The topological polar surface area (TPSA) is 45.4 Å². The number of hydrogen-bond acceptors (Lipinski definition) is 3. The molecule has 1 heterocycles. The predicted molar refractivity (Wildman–Crippen MR) is 56.0 cm³/mol. The standard InChI is InChI=1S/C11H19NO2/c1-9(3-5-13)7-12-8-11-10(2)4-6-14-11/h4,6,9,12-13H,3,5,7-8H2,1-2H3. The van der Waals surface area contributed by atoms with Gasteiger partial charge in [0.15, 0.2) is 0 Å². The van der Waals surface area contributed by atoms with E-state index in [-0.39, 0.29) is 6.61 Å². The van der Waals surface area contributed by atoms with Crippen LogP contribution in [-0.2, 0) is 6.54 Å². The summed E-state index contributed by atoms with van der Waals surface area (Å²) >= 11 is 0. The maximum atomic E-state index is 8.72. The zero-order valence-corrected chi connectivity index (χ0v) is 8.92. The highest BCUT2D eigenvalue weighted by atomic mass is 16.3. The van der Waals surface area contributed by atoms with Gasteiger partial charge in [-0.25, -0.2) is 0 Å². The van der Waals surface area contributed by atoms with Gasteiger partial charge in [0.2, 0.25) is 0 Å². The predicted octanol–water partition coefficient (Wildman–Crippen LogP) is 1.70. The van der Waals surface area contributed by atoms with Gasteiger partial charge in [-0.05, 0) is 37.4 Å². The van der Waals surface area contributed by atoms with Gasteiger partial charge in [-0.2, -0.15) is 0 Å². The molecule has 0 aromatic carbocycles. The number of rotatable bonds is 6. The molecule has 2 N–H and O–H groups in total. The molecule has 0 saturated heterocycles. The van der Waals surface area contributed by atoms with Crippen molar-refractivity contribution in [2.45, 2.75) is 26.8 Å². The largest absolute Gasteiger partial charge is 0.468 e. The minimum atomic E-state index is 0.266. The van der Waals surface area contributed by atoms with Crippen LogP contribution in [0.4, 0.5) is 0 Å². The third-order valence-electron chi connectivity index (χ3n) is 2.37. The first kappa shape index (κ1) is 11.3. The molecule has 0 aliphatic carbocycles. The van der Waals surface area contributed by atoms with Crippen molar-refractivity contribution in [1.82, 2.24) is 5.32 Å². The van der Waals surface area contributed by atoms with Crippen LogP contribution in [0.15, 0.2) is 16.7 Å². The second-order valence-corrected chi connectivity index (χ2v) is 3.78. The highest BCUT2D eigenvalue weighted by molar-refractivity contribution is 5.13. The molecule has 0 spiro atoms. The third kappa shape index (κ3) is 3.52. The average Bonchev–Trinajstić information content (AvgIpc) is 2.52. The van der Waals surface area contributed by atoms with Crippen molar-refractivity contribution < 1.29 is 9.52 Å². The van der Waals surface area contributed by atoms with Crippen molar-refractivity contribution in [3.05, 3.63) is 23.7 Å². The Hall–Kier alpha value is -0.800. The number of aliphatic hydroxyl groups excluding tert-OH is 1. The summed E-state index contributed by atoms with van der Waals surface area (Å²) in [5.41, 5.74) is 1.19. The molecule has 0 amide bonds. The van der Waals surface area contributed by atoms with Crippen LogP contribution in [0.3, 0.4) is 0 Å². The summed E-state index contributed by atoms with van der Waals surface area (Å²) in [6, 6.07) is 1.97. The van der Waals surface area contributed by atoms with E-state index in [0.717, 1.165) is 25.3 Å². The molecule has 3 heteroatoms. The quantitative estimate of drug-likeness (QED) is 0.729. The van der Waals surface area contributed by atoms with E-state index in [1.54, 1.807) is 6.26 Å². The van der Waals surface area contributed by atoms with Crippen LogP contribution in [0, 0.1) is 12.8 Å². The summed E-state index contributed by atoms with van der Waals surface area (Å²) in [7, 11) is 0. The van der Waals surface area contributed by atoms with E-state index in [4.69, 9.17) is 9.52 Å². The van der Waals surface area contributed by atoms with Gasteiger partial charge in [0.05, 0.1) is 12.8 Å². The Bertz CT molecular complexity index is 258. The van der Waals surface area contributed by atoms with Gasteiger partial charge in [0.25, 0.3) is 0 Å². The molecule has 3 nitrogen and oxygen atoms in total. The zero-order valence-electron chi connectivity index (χ0n) is 8.92. The lowest BCUT2D eigenvalue weighted by molar-refractivity contribution is 0.259. The first-order chi connectivity index (χ1) is 6.74. The smallest absolute Gasteiger partial charge is 0.120 e. The van der Waals surface area contributed by atoms with Crippen molar-refractivity contribution in [3.8, 4) is 0 Å². The maximum Gasteiger partial charge on any atom is 0.120 e. The number of hydrogen-bond donors (Lipinski definition) is 2. The fourth-order valence-electron chi connectivity index (χ4n) is 1.34. The van der Waals surface area contributed by atoms with Gasteiger partial charge in [0.1, 0.15) is 5.76 Å². The van der Waals surface area contributed by atoms with Crippen LogP contribution in [-0.4, -0.2) is 18.3 Å². The summed E-state index contributed by atoms with van der Waals surface area (Å²) in [4.78, 5) is 0. The summed E-state index contributed by atoms with van der Waals surface area (Å²) < 4.78 is 5.29. The van der Waals surface area contributed by atoms with Crippen LogP contribution in [0.1, 0.15) is 24.7 Å². The molecular formula is C11H19NO2. The third-order valence-corrected chi connectivity index (χ3v) is 2.37. The van der Waals surface area contributed by atoms with Crippen molar-refractivity contribution >= 4 is 0 Å². The Morgan fingerprint density at radius 3 is 2.93 bits per heavy atom. The fraction of sp³-hybridized carbons (Fsp3) is 0.636. The minimum Gasteiger partial charge on any atom is -0.468 e. The lowest BCUT2D eigenvalue weighted by atomic mass is 10.1. The Labute approximate surface area is 85.1 Å². The molecule has 0 aliphatic heterocycles. The molecule has 80 valence electrons. The Morgan fingerprint density at radius 2 is 2.36 bits per heavy atom. The van der Waals surface area contributed by atoms with E-state index in [1.807, 2.05) is 13.0 Å². The fourth-order valence-corrected chi connectivity index (χ4v) is 1.34. The average molecular weight is 197 g/mol. The molecule has 0 fully saturated rings. The molecule has 0 aliphatic rings. The molecule has 1 atom stereocenters. The molecule has 0 bridgehead atoms. The summed E-state index contributed by atoms with van der Waals surface area (Å²) in [6.07, 6.45) is 2.56. The first-order valence-corrected chi connectivity index (χ1v) is 5.08. The highest BCUT2D eigenvalue weighted by Gasteiger charge is 2.03. The van der Waals surface area contributed by atoms with Gasteiger partial charge in [-0.3, -0.25) is 0 Å². The van der Waals surface area contributed by atoms with Crippen LogP contribution < -0.4 is 5.32 Å². The number of furan rings is 1. The van der Waals surface area contributed by atoms with Gasteiger partial charge in [-0.15, -0.1) is 0 Å². The Balaban J connectivity index is 2.19. The van der Waals surface area contributed by atoms with E-state index in [2.05, 4.69) is 12.2 Å². The molecule has 1 aromatic heterocycles. The van der Waals surface area contributed by atoms with Crippen molar-refractivity contribution in [1.29, 1.82) is 0 Å². The summed E-state index contributed by atoms with van der Waals surface area (Å²) in [5, 5.41) is 12.0. The lowest BCUT2D eigenvalue weighted by Crippen LogP contribution is -2.21. The van der Waals surface area contributed by atoms with Crippen molar-refractivity contribution in [2.24, 2.45) is 5.92 Å². The second-order valence-electron chi connectivity index (χ2n) is 3.78. The Kier molecular flexibility index (Phi) is 4.70. The molecule has 1 unspecified atom stereocenters. The van der Waals surface area contributed by atoms with Gasteiger partial charge in [-0.1, -0.05) is 6.92 Å². The van der Waals surface area contributed by atoms with Crippen molar-refractivity contribution in [3.63, 3.8) is 0 Å². The minimum absolute atomic E-state index is 0.266. The van der Waals surface area contributed by atoms with E-state index in [1.165, 1.54) is 5.56 Å². The molecule has 1 rings (SSSR count). The number of aliphatic hydroxyl groups is 1.